The maximum Gasteiger partial charge on any atom is 0.0543 e. The third kappa shape index (κ3) is 8.52. The Morgan fingerprint density at radius 1 is 1.21 bits per heavy atom. The van der Waals surface area contributed by atoms with Gasteiger partial charge in [0, 0.05) is 13.7 Å². The summed E-state index contributed by atoms with van der Waals surface area (Å²) in [5.41, 5.74) is 0. The zero-order valence-corrected chi connectivity index (χ0v) is 9.96. The first-order valence-electron chi connectivity index (χ1n) is 5.87. The van der Waals surface area contributed by atoms with Crippen LogP contribution in [0.1, 0.15) is 52.4 Å². The minimum atomic E-state index is -0.128. The summed E-state index contributed by atoms with van der Waals surface area (Å²) in [5.74, 6) is 0.473. The molecule has 1 N–H and O–H groups in total. The molecule has 0 aromatic rings. The van der Waals surface area contributed by atoms with Gasteiger partial charge in [0.2, 0.25) is 0 Å². The molecule has 2 heteroatoms. The molecule has 0 saturated carbocycles. The van der Waals surface area contributed by atoms with Crippen molar-refractivity contribution in [2.75, 3.05) is 13.7 Å². The molecule has 2 atom stereocenters. The van der Waals surface area contributed by atoms with Crippen LogP contribution in [0, 0.1) is 5.92 Å². The second-order valence-corrected chi connectivity index (χ2v) is 4.30. The van der Waals surface area contributed by atoms with Crippen LogP contribution in [0.25, 0.3) is 0 Å². The number of ether oxygens (including phenoxy) is 1. The maximum absolute atomic E-state index is 9.69. The van der Waals surface area contributed by atoms with E-state index in [9.17, 15) is 5.11 Å². The van der Waals surface area contributed by atoms with Gasteiger partial charge in [-0.15, -0.1) is 0 Å². The molecule has 0 amide bonds. The number of hydrogen-bond acceptors (Lipinski definition) is 2. The lowest BCUT2D eigenvalue weighted by molar-refractivity contribution is 0.0948. The fourth-order valence-corrected chi connectivity index (χ4v) is 1.74. The molecule has 0 rings (SSSR count). The molecule has 0 aromatic carbocycles. The van der Waals surface area contributed by atoms with Gasteiger partial charge in [0.05, 0.1) is 6.10 Å². The van der Waals surface area contributed by atoms with Crippen molar-refractivity contribution in [3.63, 3.8) is 0 Å². The van der Waals surface area contributed by atoms with Crippen molar-refractivity contribution in [3.05, 3.63) is 0 Å². The lowest BCUT2D eigenvalue weighted by Gasteiger charge is -2.15. The van der Waals surface area contributed by atoms with E-state index in [1.165, 1.54) is 19.3 Å². The zero-order valence-electron chi connectivity index (χ0n) is 9.96. The van der Waals surface area contributed by atoms with E-state index in [1.54, 1.807) is 7.11 Å². The summed E-state index contributed by atoms with van der Waals surface area (Å²) in [5, 5.41) is 9.69. The topological polar surface area (TPSA) is 29.5 Å². The van der Waals surface area contributed by atoms with E-state index in [-0.39, 0.29) is 6.10 Å². The first-order chi connectivity index (χ1) is 6.70. The monoisotopic (exact) mass is 202 g/mol. The van der Waals surface area contributed by atoms with Crippen LogP contribution in [0.5, 0.6) is 0 Å². The van der Waals surface area contributed by atoms with Crippen LogP contribution < -0.4 is 0 Å². The smallest absolute Gasteiger partial charge is 0.0543 e. The average molecular weight is 202 g/mol. The van der Waals surface area contributed by atoms with Gasteiger partial charge < -0.3 is 9.84 Å². The zero-order chi connectivity index (χ0) is 10.8. The van der Waals surface area contributed by atoms with Crippen LogP contribution in [-0.4, -0.2) is 24.9 Å². The number of methoxy groups -OCH3 is 1. The quantitative estimate of drug-likeness (QED) is 0.582. The van der Waals surface area contributed by atoms with Gasteiger partial charge in [0.1, 0.15) is 0 Å². The minimum Gasteiger partial charge on any atom is -0.393 e. The van der Waals surface area contributed by atoms with Crippen LogP contribution in [-0.2, 0) is 4.74 Å². The maximum atomic E-state index is 9.69. The molecule has 0 aliphatic carbocycles. The van der Waals surface area contributed by atoms with Crippen LogP contribution >= 0.6 is 0 Å². The molecule has 0 heterocycles. The van der Waals surface area contributed by atoms with Gasteiger partial charge in [0.25, 0.3) is 0 Å². The van der Waals surface area contributed by atoms with E-state index in [4.69, 9.17) is 4.74 Å². The van der Waals surface area contributed by atoms with Crippen LogP contribution in [0.2, 0.25) is 0 Å². The summed E-state index contributed by atoms with van der Waals surface area (Å²) in [7, 11) is 1.71. The Balaban J connectivity index is 3.30. The van der Waals surface area contributed by atoms with E-state index in [1.807, 2.05) is 0 Å². The van der Waals surface area contributed by atoms with Crippen molar-refractivity contribution < 1.29 is 9.84 Å². The average Bonchev–Trinajstić information content (AvgIpc) is 2.13. The number of aliphatic hydroxyl groups is 1. The first-order valence-corrected chi connectivity index (χ1v) is 5.87. The Bertz CT molecular complexity index is 115. The van der Waals surface area contributed by atoms with Crippen molar-refractivity contribution in [2.24, 2.45) is 5.92 Å². The van der Waals surface area contributed by atoms with E-state index >= 15 is 0 Å². The van der Waals surface area contributed by atoms with E-state index < -0.39 is 0 Å². The standard InChI is InChI=1S/C12H26O2/c1-4-5-6-7-8-12(13)9-11(2)10-14-3/h11-13H,4-10H2,1-3H3. The van der Waals surface area contributed by atoms with Gasteiger partial charge >= 0.3 is 0 Å². The summed E-state index contributed by atoms with van der Waals surface area (Å²) in [6, 6.07) is 0. The summed E-state index contributed by atoms with van der Waals surface area (Å²) in [6.07, 6.45) is 6.67. The number of unbranched alkanes of at least 4 members (excludes halogenated alkanes) is 3. The first kappa shape index (κ1) is 13.9. The lowest BCUT2D eigenvalue weighted by atomic mass is 10.00. The lowest BCUT2D eigenvalue weighted by Crippen LogP contribution is -2.14. The molecule has 0 aliphatic heterocycles. The third-order valence-corrected chi connectivity index (χ3v) is 2.52. The van der Waals surface area contributed by atoms with E-state index in [2.05, 4.69) is 13.8 Å². The molecule has 86 valence electrons. The third-order valence-electron chi connectivity index (χ3n) is 2.52. The second kappa shape index (κ2) is 9.47. The highest BCUT2D eigenvalue weighted by Gasteiger charge is 2.09. The van der Waals surface area contributed by atoms with Crippen molar-refractivity contribution in [3.8, 4) is 0 Å². The van der Waals surface area contributed by atoms with Crippen LogP contribution in [0.3, 0.4) is 0 Å². The van der Waals surface area contributed by atoms with Crippen molar-refractivity contribution in [1.29, 1.82) is 0 Å². The minimum absolute atomic E-state index is 0.128. The highest BCUT2D eigenvalue weighted by atomic mass is 16.5. The summed E-state index contributed by atoms with van der Waals surface area (Å²) >= 11 is 0. The molecular weight excluding hydrogens is 176 g/mol. The van der Waals surface area contributed by atoms with Crippen molar-refractivity contribution in [1.82, 2.24) is 0 Å². The summed E-state index contributed by atoms with van der Waals surface area (Å²) < 4.78 is 5.04. The molecule has 0 spiro atoms. The Morgan fingerprint density at radius 3 is 2.50 bits per heavy atom. The molecule has 0 aromatic heterocycles. The molecule has 0 aliphatic rings. The normalized spacial score (nSPS) is 15.4. The summed E-state index contributed by atoms with van der Waals surface area (Å²) in [6.45, 7) is 5.09. The Labute approximate surface area is 88.7 Å². The van der Waals surface area contributed by atoms with Crippen LogP contribution in [0.4, 0.5) is 0 Å². The van der Waals surface area contributed by atoms with E-state index in [0.717, 1.165) is 25.9 Å². The van der Waals surface area contributed by atoms with Gasteiger partial charge in [-0.1, -0.05) is 39.5 Å². The SMILES string of the molecule is CCCCCCC(O)CC(C)COC. The predicted molar refractivity (Wildman–Crippen MR) is 60.4 cm³/mol. The molecule has 2 nitrogen and oxygen atoms in total. The number of hydrogen-bond donors (Lipinski definition) is 1. The molecular formula is C12H26O2. The van der Waals surface area contributed by atoms with Crippen molar-refractivity contribution >= 4 is 0 Å². The molecule has 2 unspecified atom stereocenters. The molecule has 0 radical (unpaired) electrons. The fraction of sp³-hybridized carbons (Fsp3) is 1.00. The molecule has 0 bridgehead atoms. The van der Waals surface area contributed by atoms with Gasteiger partial charge in [-0.3, -0.25) is 0 Å². The Hall–Kier alpha value is -0.0800. The largest absolute Gasteiger partial charge is 0.393 e. The second-order valence-electron chi connectivity index (χ2n) is 4.30. The molecule has 0 saturated heterocycles. The van der Waals surface area contributed by atoms with Gasteiger partial charge in [-0.25, -0.2) is 0 Å². The molecule has 14 heavy (non-hydrogen) atoms. The summed E-state index contributed by atoms with van der Waals surface area (Å²) in [4.78, 5) is 0. The highest BCUT2D eigenvalue weighted by molar-refractivity contribution is 4.61. The van der Waals surface area contributed by atoms with Crippen molar-refractivity contribution in [2.45, 2.75) is 58.5 Å². The van der Waals surface area contributed by atoms with Gasteiger partial charge in [-0.05, 0) is 18.8 Å². The Kier molecular flexibility index (Phi) is 9.42. The number of rotatable bonds is 9. The Morgan fingerprint density at radius 2 is 1.93 bits per heavy atom. The van der Waals surface area contributed by atoms with Gasteiger partial charge in [0.15, 0.2) is 0 Å². The predicted octanol–water partition coefficient (Wildman–Crippen LogP) is 2.99. The molecule has 0 fully saturated rings. The number of aliphatic hydroxyl groups excluding tert-OH is 1. The van der Waals surface area contributed by atoms with Crippen LogP contribution in [0.15, 0.2) is 0 Å². The van der Waals surface area contributed by atoms with Gasteiger partial charge in [-0.2, -0.15) is 0 Å². The van der Waals surface area contributed by atoms with E-state index in [0.29, 0.717) is 5.92 Å². The highest BCUT2D eigenvalue weighted by Crippen LogP contribution is 2.12. The fourth-order valence-electron chi connectivity index (χ4n) is 1.74.